The lowest BCUT2D eigenvalue weighted by atomic mass is 9.56. The summed E-state index contributed by atoms with van der Waals surface area (Å²) in [4.78, 5) is 0. The Labute approximate surface area is 99.3 Å². The summed E-state index contributed by atoms with van der Waals surface area (Å²) in [5.41, 5.74) is 1.90. The van der Waals surface area contributed by atoms with Crippen molar-refractivity contribution in [2.24, 2.45) is 23.2 Å². The normalized spacial score (nSPS) is 51.1. The van der Waals surface area contributed by atoms with Crippen LogP contribution >= 0.6 is 0 Å². The molecule has 5 atom stereocenters. The average molecular weight is 220 g/mol. The third-order valence-corrected chi connectivity index (χ3v) is 5.56. The summed E-state index contributed by atoms with van der Waals surface area (Å²) < 4.78 is 6.40. The molecule has 4 bridgehead atoms. The van der Waals surface area contributed by atoms with Gasteiger partial charge in [-0.2, -0.15) is 0 Å². The minimum absolute atomic E-state index is 0.422. The highest BCUT2D eigenvalue weighted by Gasteiger charge is 2.60. The van der Waals surface area contributed by atoms with Crippen LogP contribution in [0.1, 0.15) is 46.5 Å². The molecule has 16 heavy (non-hydrogen) atoms. The van der Waals surface area contributed by atoms with Gasteiger partial charge in [0.05, 0.1) is 12.2 Å². The van der Waals surface area contributed by atoms with Gasteiger partial charge in [-0.3, -0.25) is 0 Å². The van der Waals surface area contributed by atoms with Crippen LogP contribution < -0.4 is 0 Å². The van der Waals surface area contributed by atoms with Gasteiger partial charge < -0.3 is 4.74 Å². The van der Waals surface area contributed by atoms with Crippen molar-refractivity contribution < 1.29 is 4.74 Å². The summed E-state index contributed by atoms with van der Waals surface area (Å²) in [6.45, 7) is 11.5. The molecular formula is C15H24O. The monoisotopic (exact) mass is 220 g/mol. The van der Waals surface area contributed by atoms with Crippen LogP contribution in [0.2, 0.25) is 0 Å². The minimum Gasteiger partial charge on any atom is -0.373 e. The second-order valence-corrected chi connectivity index (χ2v) is 6.72. The van der Waals surface area contributed by atoms with E-state index in [1.54, 1.807) is 0 Å². The maximum atomic E-state index is 6.40. The summed E-state index contributed by atoms with van der Waals surface area (Å²) >= 11 is 0. The molecule has 1 aliphatic heterocycles. The van der Waals surface area contributed by atoms with Crippen LogP contribution in [0, 0.1) is 23.2 Å². The van der Waals surface area contributed by atoms with Crippen LogP contribution in [0.3, 0.4) is 0 Å². The van der Waals surface area contributed by atoms with Gasteiger partial charge in [0.1, 0.15) is 0 Å². The lowest BCUT2D eigenvalue weighted by Crippen LogP contribution is -2.44. The largest absolute Gasteiger partial charge is 0.373 e. The van der Waals surface area contributed by atoms with Gasteiger partial charge in [0.2, 0.25) is 0 Å². The Hall–Kier alpha value is -0.300. The maximum absolute atomic E-state index is 6.40. The van der Waals surface area contributed by atoms with Crippen molar-refractivity contribution >= 4 is 0 Å². The van der Waals surface area contributed by atoms with E-state index in [0.717, 1.165) is 11.8 Å². The fraction of sp³-hybridized carbons (Fsp3) is 0.867. The van der Waals surface area contributed by atoms with Crippen LogP contribution in [0.15, 0.2) is 12.2 Å². The molecule has 0 aromatic rings. The molecule has 90 valence electrons. The van der Waals surface area contributed by atoms with E-state index in [0.29, 0.717) is 23.5 Å². The molecule has 0 radical (unpaired) electrons. The summed E-state index contributed by atoms with van der Waals surface area (Å²) in [6.07, 6.45) is 6.13. The van der Waals surface area contributed by atoms with Crippen molar-refractivity contribution in [1.29, 1.82) is 0 Å². The fourth-order valence-corrected chi connectivity index (χ4v) is 4.59. The average Bonchev–Trinajstić information content (AvgIpc) is 2.37. The second kappa shape index (κ2) is 3.35. The molecule has 0 spiro atoms. The standard InChI is InChI=1S/C15H24O/c1-9(2)11-7-8-15(4)12-6-5-10(3)13(15)14(11)16-12/h9,11-14H,3,5-8H2,1-2,4H3. The Morgan fingerprint density at radius 1 is 1.38 bits per heavy atom. The van der Waals surface area contributed by atoms with E-state index >= 15 is 0 Å². The van der Waals surface area contributed by atoms with E-state index < -0.39 is 0 Å². The van der Waals surface area contributed by atoms with E-state index in [-0.39, 0.29) is 0 Å². The third-order valence-electron chi connectivity index (χ3n) is 5.56. The molecule has 0 amide bonds. The van der Waals surface area contributed by atoms with Crippen molar-refractivity contribution in [3.05, 3.63) is 12.2 Å². The van der Waals surface area contributed by atoms with Gasteiger partial charge >= 0.3 is 0 Å². The van der Waals surface area contributed by atoms with Crippen molar-refractivity contribution in [3.8, 4) is 0 Å². The maximum Gasteiger partial charge on any atom is 0.0681 e. The summed E-state index contributed by atoms with van der Waals surface area (Å²) in [5, 5.41) is 0. The van der Waals surface area contributed by atoms with Crippen LogP contribution in [0.5, 0.6) is 0 Å². The predicted molar refractivity (Wildman–Crippen MR) is 66.2 cm³/mol. The summed E-state index contributed by atoms with van der Waals surface area (Å²) in [5.74, 6) is 2.17. The second-order valence-electron chi connectivity index (χ2n) is 6.72. The first-order valence-corrected chi connectivity index (χ1v) is 6.87. The topological polar surface area (TPSA) is 9.23 Å². The van der Waals surface area contributed by atoms with Crippen LogP contribution in [0.25, 0.3) is 0 Å². The Bertz CT molecular complexity index is 319. The minimum atomic E-state index is 0.422. The Morgan fingerprint density at radius 3 is 2.81 bits per heavy atom. The van der Waals surface area contributed by atoms with Gasteiger partial charge in [-0.15, -0.1) is 0 Å². The van der Waals surface area contributed by atoms with Crippen LogP contribution in [-0.2, 0) is 4.74 Å². The zero-order valence-corrected chi connectivity index (χ0v) is 10.8. The highest BCUT2D eigenvalue weighted by Crippen LogP contribution is 2.61. The number of hydrogen-bond acceptors (Lipinski definition) is 1. The lowest BCUT2D eigenvalue weighted by molar-refractivity contribution is -0.00514. The third kappa shape index (κ3) is 1.21. The van der Waals surface area contributed by atoms with Gasteiger partial charge in [0.25, 0.3) is 0 Å². The highest BCUT2D eigenvalue weighted by atomic mass is 16.5. The van der Waals surface area contributed by atoms with E-state index in [4.69, 9.17) is 4.74 Å². The molecule has 3 rings (SSSR count). The molecule has 1 nitrogen and oxygen atoms in total. The molecule has 0 N–H and O–H groups in total. The Balaban J connectivity index is 1.97. The van der Waals surface area contributed by atoms with E-state index in [1.807, 2.05) is 0 Å². The van der Waals surface area contributed by atoms with Crippen molar-refractivity contribution in [2.75, 3.05) is 0 Å². The first-order valence-electron chi connectivity index (χ1n) is 6.87. The molecule has 1 saturated heterocycles. The van der Waals surface area contributed by atoms with E-state index in [1.165, 1.54) is 31.3 Å². The fourth-order valence-electron chi connectivity index (χ4n) is 4.59. The van der Waals surface area contributed by atoms with E-state index in [9.17, 15) is 0 Å². The van der Waals surface area contributed by atoms with Crippen LogP contribution in [-0.4, -0.2) is 12.2 Å². The summed E-state index contributed by atoms with van der Waals surface area (Å²) in [6, 6.07) is 0. The molecule has 1 heterocycles. The SMILES string of the molecule is C=C1CCC2OC3C(C(C)C)CCC2(C)C13. The Morgan fingerprint density at radius 2 is 2.12 bits per heavy atom. The molecule has 0 aromatic carbocycles. The number of ether oxygens (including phenoxy) is 1. The number of hydrogen-bond donors (Lipinski definition) is 0. The molecule has 3 aliphatic rings. The van der Waals surface area contributed by atoms with Gasteiger partial charge in [-0.1, -0.05) is 32.9 Å². The van der Waals surface area contributed by atoms with Gasteiger partial charge in [-0.25, -0.2) is 0 Å². The highest BCUT2D eigenvalue weighted by molar-refractivity contribution is 5.22. The molecule has 2 aliphatic carbocycles. The zero-order chi connectivity index (χ0) is 11.5. The molecule has 3 fully saturated rings. The predicted octanol–water partition coefficient (Wildman–Crippen LogP) is 3.79. The van der Waals surface area contributed by atoms with Gasteiger partial charge in [0, 0.05) is 11.3 Å². The van der Waals surface area contributed by atoms with Crippen LogP contribution in [0.4, 0.5) is 0 Å². The number of rotatable bonds is 1. The van der Waals surface area contributed by atoms with Crippen molar-refractivity contribution in [1.82, 2.24) is 0 Å². The Kier molecular flexibility index (Phi) is 2.27. The smallest absolute Gasteiger partial charge is 0.0681 e. The molecule has 1 heteroatoms. The molecular weight excluding hydrogens is 196 g/mol. The van der Waals surface area contributed by atoms with Gasteiger partial charge in [-0.05, 0) is 37.5 Å². The molecule has 0 aromatic heterocycles. The van der Waals surface area contributed by atoms with Crippen molar-refractivity contribution in [3.63, 3.8) is 0 Å². The quantitative estimate of drug-likeness (QED) is 0.611. The van der Waals surface area contributed by atoms with Crippen molar-refractivity contribution in [2.45, 2.75) is 58.7 Å². The zero-order valence-electron chi connectivity index (χ0n) is 10.8. The van der Waals surface area contributed by atoms with E-state index in [2.05, 4.69) is 27.4 Å². The van der Waals surface area contributed by atoms with Gasteiger partial charge in [0.15, 0.2) is 0 Å². The molecule has 5 unspecified atom stereocenters. The molecule has 2 saturated carbocycles. The first-order chi connectivity index (χ1) is 7.54. The first kappa shape index (κ1) is 10.8. The summed E-state index contributed by atoms with van der Waals surface area (Å²) in [7, 11) is 0. The lowest BCUT2D eigenvalue weighted by Gasteiger charge is -2.46.